The summed E-state index contributed by atoms with van der Waals surface area (Å²) < 4.78 is 29.1. The zero-order valence-electron chi connectivity index (χ0n) is 8.49. The summed E-state index contributed by atoms with van der Waals surface area (Å²) in [7, 11) is -3.21. The molecule has 0 radical (unpaired) electrons. The van der Waals surface area contributed by atoms with Gasteiger partial charge in [-0.2, -0.15) is 0 Å². The van der Waals surface area contributed by atoms with E-state index in [0.717, 1.165) is 6.26 Å². The molecule has 1 aromatic rings. The Morgan fingerprint density at radius 1 is 1.44 bits per heavy atom. The molecule has 16 heavy (non-hydrogen) atoms. The van der Waals surface area contributed by atoms with Crippen molar-refractivity contribution in [1.82, 2.24) is 10.0 Å². The first-order valence-corrected chi connectivity index (χ1v) is 7.05. The third-order valence-corrected chi connectivity index (χ3v) is 2.73. The van der Waals surface area contributed by atoms with Crippen LogP contribution in [0.25, 0.3) is 0 Å². The fourth-order valence-corrected chi connectivity index (χ4v) is 1.72. The summed E-state index contributed by atoms with van der Waals surface area (Å²) in [5, 5.41) is 2.50. The zero-order valence-corrected chi connectivity index (χ0v) is 10.9. The number of sulfonamides is 1. The van der Waals surface area contributed by atoms with Gasteiger partial charge in [-0.3, -0.25) is 4.79 Å². The molecule has 1 aromatic heterocycles. The van der Waals surface area contributed by atoms with Crippen molar-refractivity contribution in [2.45, 2.75) is 0 Å². The first-order valence-electron chi connectivity index (χ1n) is 4.36. The monoisotopic (exact) mass is 310 g/mol. The molecule has 1 heterocycles. The minimum Gasteiger partial charge on any atom is -0.444 e. The minimum absolute atomic E-state index is 0.145. The van der Waals surface area contributed by atoms with Crippen LogP contribution < -0.4 is 10.0 Å². The van der Waals surface area contributed by atoms with E-state index in [1.165, 1.54) is 6.07 Å². The molecule has 0 aliphatic carbocycles. The maximum Gasteiger partial charge on any atom is 0.287 e. The van der Waals surface area contributed by atoms with E-state index < -0.39 is 10.0 Å². The Kier molecular flexibility index (Phi) is 4.51. The Morgan fingerprint density at radius 2 is 2.12 bits per heavy atom. The highest BCUT2D eigenvalue weighted by atomic mass is 79.9. The highest BCUT2D eigenvalue weighted by molar-refractivity contribution is 9.10. The second-order valence-electron chi connectivity index (χ2n) is 3.03. The maximum atomic E-state index is 11.4. The van der Waals surface area contributed by atoms with E-state index in [-0.39, 0.29) is 24.8 Å². The number of carbonyl (C=O) groups excluding carboxylic acids is 1. The van der Waals surface area contributed by atoms with Crippen LogP contribution in [0, 0.1) is 0 Å². The molecule has 0 spiro atoms. The lowest BCUT2D eigenvalue weighted by atomic mass is 10.4. The molecule has 0 aliphatic rings. The maximum absolute atomic E-state index is 11.4. The second kappa shape index (κ2) is 5.46. The lowest BCUT2D eigenvalue weighted by molar-refractivity contribution is 0.0925. The van der Waals surface area contributed by atoms with Gasteiger partial charge in [0.1, 0.15) is 0 Å². The number of halogens is 1. The molecule has 0 unspecified atom stereocenters. The molecular formula is C8H11BrN2O4S. The van der Waals surface area contributed by atoms with E-state index in [1.807, 2.05) is 0 Å². The second-order valence-corrected chi connectivity index (χ2v) is 5.64. The lowest BCUT2D eigenvalue weighted by Crippen LogP contribution is -2.34. The van der Waals surface area contributed by atoms with Crippen LogP contribution in [0.1, 0.15) is 10.6 Å². The van der Waals surface area contributed by atoms with Crippen LogP contribution >= 0.6 is 15.9 Å². The van der Waals surface area contributed by atoms with Crippen LogP contribution in [0.4, 0.5) is 0 Å². The van der Waals surface area contributed by atoms with Crippen LogP contribution in [-0.4, -0.2) is 33.7 Å². The van der Waals surface area contributed by atoms with Gasteiger partial charge in [0.25, 0.3) is 5.91 Å². The first-order chi connectivity index (χ1) is 7.38. The zero-order chi connectivity index (χ0) is 12.2. The molecule has 0 fully saturated rings. The Labute approximate surface area is 102 Å². The van der Waals surface area contributed by atoms with Crippen LogP contribution in [0.3, 0.4) is 0 Å². The van der Waals surface area contributed by atoms with Crippen LogP contribution in [0.15, 0.2) is 21.2 Å². The smallest absolute Gasteiger partial charge is 0.287 e. The topological polar surface area (TPSA) is 88.4 Å². The summed E-state index contributed by atoms with van der Waals surface area (Å²) in [6.07, 6.45) is 1.05. The molecule has 1 rings (SSSR count). The summed E-state index contributed by atoms with van der Waals surface area (Å²) in [5.74, 6) is -0.216. The number of rotatable bonds is 5. The molecule has 6 nitrogen and oxygen atoms in total. The van der Waals surface area contributed by atoms with Crippen LogP contribution in [0.5, 0.6) is 0 Å². The van der Waals surface area contributed by atoms with Gasteiger partial charge in [0.05, 0.1) is 6.26 Å². The molecule has 2 N–H and O–H groups in total. The van der Waals surface area contributed by atoms with Gasteiger partial charge in [0.15, 0.2) is 10.4 Å². The van der Waals surface area contributed by atoms with Gasteiger partial charge in [0, 0.05) is 13.1 Å². The quantitative estimate of drug-likeness (QED) is 0.767. The summed E-state index contributed by atoms with van der Waals surface area (Å²) >= 11 is 3.07. The van der Waals surface area contributed by atoms with E-state index in [2.05, 4.69) is 26.0 Å². The molecule has 1 amide bonds. The van der Waals surface area contributed by atoms with Crippen molar-refractivity contribution in [3.8, 4) is 0 Å². The summed E-state index contributed by atoms with van der Waals surface area (Å²) in [4.78, 5) is 11.4. The molecule has 0 saturated carbocycles. The van der Waals surface area contributed by atoms with E-state index in [9.17, 15) is 13.2 Å². The van der Waals surface area contributed by atoms with Crippen molar-refractivity contribution < 1.29 is 17.6 Å². The Balaban J connectivity index is 2.31. The Bertz CT molecular complexity index is 468. The van der Waals surface area contributed by atoms with Crippen molar-refractivity contribution in [2.24, 2.45) is 0 Å². The molecular weight excluding hydrogens is 300 g/mol. The van der Waals surface area contributed by atoms with Gasteiger partial charge in [-0.15, -0.1) is 0 Å². The molecule has 0 bridgehead atoms. The van der Waals surface area contributed by atoms with Crippen LogP contribution in [-0.2, 0) is 10.0 Å². The lowest BCUT2D eigenvalue weighted by Gasteiger charge is -2.03. The molecule has 8 heteroatoms. The molecule has 0 aliphatic heterocycles. The fraction of sp³-hybridized carbons (Fsp3) is 0.375. The van der Waals surface area contributed by atoms with Crippen molar-refractivity contribution >= 4 is 31.9 Å². The summed E-state index contributed by atoms with van der Waals surface area (Å²) in [6.45, 7) is 0.344. The van der Waals surface area contributed by atoms with Gasteiger partial charge >= 0.3 is 0 Å². The van der Waals surface area contributed by atoms with Gasteiger partial charge in [-0.25, -0.2) is 13.1 Å². The number of nitrogens with one attached hydrogen (secondary N) is 2. The fourth-order valence-electron chi connectivity index (χ4n) is 0.936. The molecule has 0 aromatic carbocycles. The number of hydrogen-bond acceptors (Lipinski definition) is 4. The SMILES string of the molecule is CS(=O)(=O)NCCNC(=O)c1ccc(Br)o1. The standard InChI is InChI=1S/C8H11BrN2O4S/c1-16(13,14)11-5-4-10-8(12)6-2-3-7(9)15-6/h2-3,11H,4-5H2,1H3,(H,10,12). The van der Waals surface area contributed by atoms with Gasteiger partial charge < -0.3 is 9.73 Å². The van der Waals surface area contributed by atoms with Crippen molar-refractivity contribution in [3.05, 3.63) is 22.6 Å². The predicted octanol–water partition coefficient (Wildman–Crippen LogP) is 0.321. The Hall–Kier alpha value is -0.860. The number of carbonyl (C=O) groups is 1. The summed E-state index contributed by atoms with van der Waals surface area (Å²) in [5.41, 5.74) is 0. The average Bonchev–Trinajstić information content (AvgIpc) is 2.57. The highest BCUT2D eigenvalue weighted by Crippen LogP contribution is 2.13. The predicted molar refractivity (Wildman–Crippen MR) is 61.6 cm³/mol. The molecule has 0 atom stereocenters. The van der Waals surface area contributed by atoms with Crippen molar-refractivity contribution in [2.75, 3.05) is 19.3 Å². The van der Waals surface area contributed by atoms with Crippen molar-refractivity contribution in [1.29, 1.82) is 0 Å². The van der Waals surface area contributed by atoms with Gasteiger partial charge in [-0.1, -0.05) is 0 Å². The van der Waals surface area contributed by atoms with E-state index in [1.54, 1.807) is 6.07 Å². The van der Waals surface area contributed by atoms with Crippen molar-refractivity contribution in [3.63, 3.8) is 0 Å². The van der Waals surface area contributed by atoms with E-state index >= 15 is 0 Å². The van der Waals surface area contributed by atoms with Gasteiger partial charge in [-0.05, 0) is 28.1 Å². The largest absolute Gasteiger partial charge is 0.444 e. The van der Waals surface area contributed by atoms with E-state index in [0.29, 0.717) is 4.67 Å². The first kappa shape index (κ1) is 13.2. The molecule has 90 valence electrons. The van der Waals surface area contributed by atoms with Crippen LogP contribution in [0.2, 0.25) is 0 Å². The highest BCUT2D eigenvalue weighted by Gasteiger charge is 2.09. The third kappa shape index (κ3) is 4.77. The normalized spacial score (nSPS) is 11.4. The van der Waals surface area contributed by atoms with E-state index in [4.69, 9.17) is 4.42 Å². The molecule has 0 saturated heterocycles. The third-order valence-electron chi connectivity index (χ3n) is 1.57. The number of hydrogen-bond donors (Lipinski definition) is 2. The minimum atomic E-state index is -3.21. The summed E-state index contributed by atoms with van der Waals surface area (Å²) in [6, 6.07) is 3.12. The Morgan fingerprint density at radius 3 is 2.62 bits per heavy atom. The number of amides is 1. The number of furan rings is 1. The van der Waals surface area contributed by atoms with Gasteiger partial charge in [0.2, 0.25) is 10.0 Å². The average molecular weight is 311 g/mol.